The number of hydrogen-bond donors (Lipinski definition) is 3. The Hall–Kier alpha value is -1.67. The molecule has 1 aromatic heterocycles. The van der Waals surface area contributed by atoms with E-state index < -0.39 is 10.0 Å². The highest BCUT2D eigenvalue weighted by Gasteiger charge is 2.23. The standard InChI is InChI=1S/C12H18N4O3S/c1-13-11-8-10(4-6-14-11)20(18,19)15-7-5-12(17)16-9-2-3-9/h4,6,8-9,15H,2-3,5,7H2,1H3,(H,13,14)(H,16,17). The number of carbonyl (C=O) groups is 1. The van der Waals surface area contributed by atoms with Gasteiger partial charge in [-0.1, -0.05) is 0 Å². The molecular weight excluding hydrogens is 280 g/mol. The van der Waals surface area contributed by atoms with E-state index >= 15 is 0 Å². The van der Waals surface area contributed by atoms with E-state index in [2.05, 4.69) is 20.3 Å². The largest absolute Gasteiger partial charge is 0.373 e. The fourth-order valence-corrected chi connectivity index (χ4v) is 2.67. The summed E-state index contributed by atoms with van der Waals surface area (Å²) in [6.07, 6.45) is 3.59. The van der Waals surface area contributed by atoms with Crippen molar-refractivity contribution in [3.63, 3.8) is 0 Å². The average molecular weight is 298 g/mol. The number of sulfonamides is 1. The highest BCUT2D eigenvalue weighted by atomic mass is 32.2. The average Bonchev–Trinajstić information content (AvgIpc) is 3.22. The number of hydrogen-bond acceptors (Lipinski definition) is 5. The van der Waals surface area contributed by atoms with Crippen LogP contribution in [0, 0.1) is 0 Å². The lowest BCUT2D eigenvalue weighted by Crippen LogP contribution is -2.31. The SMILES string of the molecule is CNc1cc(S(=O)(=O)NCCC(=O)NC2CC2)ccn1. The summed E-state index contributed by atoms with van der Waals surface area (Å²) in [5, 5.41) is 5.58. The zero-order valence-corrected chi connectivity index (χ0v) is 12.0. The van der Waals surface area contributed by atoms with Crippen LogP contribution in [-0.4, -0.2) is 38.9 Å². The number of nitrogens with one attached hydrogen (secondary N) is 3. The summed E-state index contributed by atoms with van der Waals surface area (Å²) in [7, 11) is -1.95. The van der Waals surface area contributed by atoms with Gasteiger partial charge in [0.25, 0.3) is 0 Å². The van der Waals surface area contributed by atoms with Crippen molar-refractivity contribution < 1.29 is 13.2 Å². The van der Waals surface area contributed by atoms with Crippen molar-refractivity contribution in [2.45, 2.75) is 30.2 Å². The Labute approximate surface area is 118 Å². The normalized spacial score (nSPS) is 14.8. The number of rotatable bonds is 7. The molecule has 1 aliphatic rings. The zero-order chi connectivity index (χ0) is 14.6. The molecule has 1 heterocycles. The molecule has 0 radical (unpaired) electrons. The van der Waals surface area contributed by atoms with Crippen LogP contribution in [0.2, 0.25) is 0 Å². The Kier molecular flexibility index (Phi) is 4.56. The summed E-state index contributed by atoms with van der Waals surface area (Å²) in [5.74, 6) is 0.347. The van der Waals surface area contributed by atoms with Gasteiger partial charge in [0.05, 0.1) is 4.90 Å². The molecule has 1 aliphatic carbocycles. The Morgan fingerprint density at radius 3 is 2.85 bits per heavy atom. The van der Waals surface area contributed by atoms with Gasteiger partial charge in [0.2, 0.25) is 15.9 Å². The molecule has 0 atom stereocenters. The molecule has 1 fully saturated rings. The number of carbonyl (C=O) groups excluding carboxylic acids is 1. The van der Waals surface area contributed by atoms with Crippen LogP contribution in [0.4, 0.5) is 5.82 Å². The number of nitrogens with zero attached hydrogens (tertiary/aromatic N) is 1. The van der Waals surface area contributed by atoms with Crippen LogP contribution in [0.5, 0.6) is 0 Å². The van der Waals surface area contributed by atoms with E-state index in [0.717, 1.165) is 12.8 Å². The van der Waals surface area contributed by atoms with Gasteiger partial charge < -0.3 is 10.6 Å². The van der Waals surface area contributed by atoms with Gasteiger partial charge >= 0.3 is 0 Å². The lowest BCUT2D eigenvalue weighted by molar-refractivity contribution is -0.121. The van der Waals surface area contributed by atoms with Crippen LogP contribution in [-0.2, 0) is 14.8 Å². The minimum absolute atomic E-state index is 0.0814. The first-order chi connectivity index (χ1) is 9.51. The summed E-state index contributed by atoms with van der Waals surface area (Å²) in [5.41, 5.74) is 0. The third kappa shape index (κ3) is 4.17. The van der Waals surface area contributed by atoms with Gasteiger partial charge in [0, 0.05) is 38.3 Å². The molecule has 0 spiro atoms. The van der Waals surface area contributed by atoms with Gasteiger partial charge in [-0.05, 0) is 18.9 Å². The number of pyridine rings is 1. The first-order valence-corrected chi connectivity index (χ1v) is 7.92. The van der Waals surface area contributed by atoms with E-state index in [9.17, 15) is 13.2 Å². The molecule has 1 aromatic rings. The maximum atomic E-state index is 12.0. The van der Waals surface area contributed by atoms with Gasteiger partial charge in [0.1, 0.15) is 5.82 Å². The maximum Gasteiger partial charge on any atom is 0.240 e. The predicted octanol–water partition coefficient (Wildman–Crippen LogP) is 0.0703. The van der Waals surface area contributed by atoms with E-state index in [4.69, 9.17) is 0 Å². The van der Waals surface area contributed by atoms with Crippen LogP contribution in [0.1, 0.15) is 19.3 Å². The quantitative estimate of drug-likeness (QED) is 0.661. The lowest BCUT2D eigenvalue weighted by atomic mass is 10.4. The molecule has 20 heavy (non-hydrogen) atoms. The monoisotopic (exact) mass is 298 g/mol. The van der Waals surface area contributed by atoms with Crippen molar-refractivity contribution in [3.8, 4) is 0 Å². The van der Waals surface area contributed by atoms with Crippen molar-refractivity contribution in [2.75, 3.05) is 18.9 Å². The summed E-state index contributed by atoms with van der Waals surface area (Å²) in [4.78, 5) is 15.5. The molecule has 0 aliphatic heterocycles. The maximum absolute atomic E-state index is 12.0. The second kappa shape index (κ2) is 6.19. The minimum atomic E-state index is -3.61. The Bertz CT molecular complexity index is 584. The third-order valence-corrected chi connectivity index (χ3v) is 4.34. The van der Waals surface area contributed by atoms with E-state index in [-0.39, 0.29) is 29.8 Å². The molecule has 8 heteroatoms. The van der Waals surface area contributed by atoms with E-state index in [0.29, 0.717) is 5.82 Å². The molecule has 7 nitrogen and oxygen atoms in total. The first kappa shape index (κ1) is 14.7. The molecular formula is C12H18N4O3S. The van der Waals surface area contributed by atoms with Crippen molar-refractivity contribution in [1.29, 1.82) is 0 Å². The molecule has 3 N–H and O–H groups in total. The van der Waals surface area contributed by atoms with Crippen LogP contribution in [0.25, 0.3) is 0 Å². The molecule has 0 saturated heterocycles. The number of anilines is 1. The fourth-order valence-electron chi connectivity index (χ4n) is 1.62. The lowest BCUT2D eigenvalue weighted by Gasteiger charge is -2.08. The number of amides is 1. The fraction of sp³-hybridized carbons (Fsp3) is 0.500. The number of aromatic nitrogens is 1. The molecule has 0 unspecified atom stereocenters. The Morgan fingerprint density at radius 2 is 2.20 bits per heavy atom. The Morgan fingerprint density at radius 1 is 1.45 bits per heavy atom. The first-order valence-electron chi connectivity index (χ1n) is 6.44. The van der Waals surface area contributed by atoms with Crippen LogP contribution in [0.3, 0.4) is 0 Å². The summed E-state index contributed by atoms with van der Waals surface area (Å²) < 4.78 is 26.4. The van der Waals surface area contributed by atoms with Crippen molar-refractivity contribution in [3.05, 3.63) is 18.3 Å². The van der Waals surface area contributed by atoms with Gasteiger partial charge in [-0.25, -0.2) is 18.1 Å². The molecule has 0 bridgehead atoms. The Balaban J connectivity index is 1.87. The van der Waals surface area contributed by atoms with Crippen molar-refractivity contribution in [2.24, 2.45) is 0 Å². The molecule has 2 rings (SSSR count). The van der Waals surface area contributed by atoms with E-state index in [1.165, 1.54) is 18.3 Å². The highest BCUT2D eigenvalue weighted by molar-refractivity contribution is 7.89. The molecule has 0 aromatic carbocycles. The van der Waals surface area contributed by atoms with Crippen LogP contribution < -0.4 is 15.4 Å². The van der Waals surface area contributed by atoms with Gasteiger partial charge in [0.15, 0.2) is 0 Å². The van der Waals surface area contributed by atoms with E-state index in [1.807, 2.05) is 0 Å². The smallest absolute Gasteiger partial charge is 0.240 e. The van der Waals surface area contributed by atoms with Crippen molar-refractivity contribution >= 4 is 21.7 Å². The predicted molar refractivity (Wildman–Crippen MR) is 74.8 cm³/mol. The summed E-state index contributed by atoms with van der Waals surface area (Å²) in [6.45, 7) is 0.0814. The minimum Gasteiger partial charge on any atom is -0.373 e. The molecule has 1 saturated carbocycles. The zero-order valence-electron chi connectivity index (χ0n) is 11.2. The molecule has 110 valence electrons. The second-order valence-corrected chi connectivity index (χ2v) is 6.38. The third-order valence-electron chi connectivity index (χ3n) is 2.88. The van der Waals surface area contributed by atoms with E-state index in [1.54, 1.807) is 7.05 Å². The highest BCUT2D eigenvalue weighted by Crippen LogP contribution is 2.18. The van der Waals surface area contributed by atoms with Crippen LogP contribution >= 0.6 is 0 Å². The topological polar surface area (TPSA) is 100 Å². The second-order valence-electron chi connectivity index (χ2n) is 4.62. The van der Waals surface area contributed by atoms with Gasteiger partial charge in [-0.2, -0.15) is 0 Å². The van der Waals surface area contributed by atoms with Crippen LogP contribution in [0.15, 0.2) is 23.2 Å². The van der Waals surface area contributed by atoms with Crippen molar-refractivity contribution in [1.82, 2.24) is 15.0 Å². The van der Waals surface area contributed by atoms with Gasteiger partial charge in [-0.3, -0.25) is 4.79 Å². The molecule has 1 amide bonds. The van der Waals surface area contributed by atoms with Gasteiger partial charge in [-0.15, -0.1) is 0 Å². The summed E-state index contributed by atoms with van der Waals surface area (Å²) >= 11 is 0. The summed E-state index contributed by atoms with van der Waals surface area (Å²) in [6, 6.07) is 3.14.